The average Bonchev–Trinajstić information content (AvgIpc) is 2.79. The maximum absolute atomic E-state index is 14.0. The van der Waals surface area contributed by atoms with Gasteiger partial charge in [-0.05, 0) is 56.5 Å². The summed E-state index contributed by atoms with van der Waals surface area (Å²) in [4.78, 5) is 24.6. The zero-order valence-electron chi connectivity index (χ0n) is 18.3. The number of Topliss-reactive ketones (excluding diaryl/α,β-unsaturated/α-hetero) is 1. The van der Waals surface area contributed by atoms with E-state index < -0.39 is 33.8 Å². The van der Waals surface area contributed by atoms with Crippen LogP contribution in [-0.4, -0.2) is 44.1 Å². The van der Waals surface area contributed by atoms with E-state index in [9.17, 15) is 22.4 Å². The molecule has 9 heteroatoms. The fraction of sp³-hybridized carbons (Fsp3) is 0.391. The van der Waals surface area contributed by atoms with E-state index in [2.05, 4.69) is 5.32 Å². The molecule has 2 aromatic carbocycles. The van der Waals surface area contributed by atoms with Crippen LogP contribution in [0.4, 0.5) is 4.39 Å². The van der Waals surface area contributed by atoms with Crippen LogP contribution in [0.3, 0.4) is 0 Å². The summed E-state index contributed by atoms with van der Waals surface area (Å²) < 4.78 is 46.7. The second-order valence-corrected chi connectivity index (χ2v) is 9.72. The van der Waals surface area contributed by atoms with Crippen molar-refractivity contribution in [1.29, 1.82) is 0 Å². The van der Waals surface area contributed by atoms with Crippen LogP contribution in [-0.2, 0) is 14.8 Å². The van der Waals surface area contributed by atoms with Gasteiger partial charge in [0.25, 0.3) is 0 Å². The number of halogens is 1. The van der Waals surface area contributed by atoms with Crippen molar-refractivity contribution in [2.75, 3.05) is 13.7 Å². The third-order valence-corrected chi connectivity index (χ3v) is 7.58. The van der Waals surface area contributed by atoms with Crippen molar-refractivity contribution in [1.82, 2.24) is 9.62 Å². The third kappa shape index (κ3) is 4.99. The Morgan fingerprint density at radius 3 is 2.44 bits per heavy atom. The number of ether oxygens (including phenoxy) is 1. The van der Waals surface area contributed by atoms with Gasteiger partial charge in [-0.15, -0.1) is 0 Å². The summed E-state index contributed by atoms with van der Waals surface area (Å²) in [5.41, 5.74) is 0.958. The molecular weight excluding hydrogens is 435 g/mol. The minimum atomic E-state index is -3.93. The van der Waals surface area contributed by atoms with Gasteiger partial charge in [0.15, 0.2) is 17.3 Å². The molecule has 0 aromatic heterocycles. The lowest BCUT2D eigenvalue weighted by Crippen LogP contribution is -2.52. The number of hydrogen-bond acceptors (Lipinski definition) is 5. The number of hydrogen-bond donors (Lipinski definition) is 1. The number of sulfonamides is 1. The topological polar surface area (TPSA) is 92.8 Å². The van der Waals surface area contributed by atoms with Crippen molar-refractivity contribution < 1.29 is 27.1 Å². The van der Waals surface area contributed by atoms with E-state index in [-0.39, 0.29) is 23.0 Å². The molecule has 2 atom stereocenters. The highest BCUT2D eigenvalue weighted by Crippen LogP contribution is 2.27. The largest absolute Gasteiger partial charge is 0.494 e. The van der Waals surface area contributed by atoms with Gasteiger partial charge in [-0.25, -0.2) is 12.8 Å². The lowest BCUT2D eigenvalue weighted by Gasteiger charge is -2.34. The molecule has 2 unspecified atom stereocenters. The molecule has 1 heterocycles. The first kappa shape index (κ1) is 23.9. The predicted octanol–water partition coefficient (Wildman–Crippen LogP) is 3.46. The number of nitrogens with one attached hydrogen (secondary N) is 1. The number of rotatable bonds is 7. The highest BCUT2D eigenvalue weighted by molar-refractivity contribution is 7.89. The normalized spacial score (nSPS) is 18.1. The fourth-order valence-electron chi connectivity index (χ4n) is 3.80. The summed E-state index contributed by atoms with van der Waals surface area (Å²) in [5, 5.41) is 2.81. The first-order valence-corrected chi connectivity index (χ1v) is 11.9. The average molecular weight is 463 g/mol. The second kappa shape index (κ2) is 9.79. The van der Waals surface area contributed by atoms with E-state index in [0.29, 0.717) is 24.0 Å². The maximum atomic E-state index is 14.0. The molecule has 0 bridgehead atoms. The van der Waals surface area contributed by atoms with Crippen LogP contribution >= 0.6 is 0 Å². The molecule has 7 nitrogen and oxygen atoms in total. The third-order valence-electron chi connectivity index (χ3n) is 5.66. The Balaban J connectivity index is 1.80. The smallest absolute Gasteiger partial charge is 0.243 e. The molecule has 2 aromatic rings. The molecule has 1 aliphatic rings. The first-order valence-electron chi connectivity index (χ1n) is 10.4. The van der Waals surface area contributed by atoms with Gasteiger partial charge in [-0.1, -0.05) is 24.6 Å². The second-order valence-electron chi connectivity index (χ2n) is 7.83. The van der Waals surface area contributed by atoms with Crippen LogP contribution in [0.1, 0.15) is 55.1 Å². The maximum Gasteiger partial charge on any atom is 0.243 e. The molecule has 32 heavy (non-hydrogen) atoms. The minimum Gasteiger partial charge on any atom is -0.494 e. The molecule has 0 aliphatic carbocycles. The number of benzene rings is 2. The Kier molecular flexibility index (Phi) is 7.30. The Morgan fingerprint density at radius 2 is 1.84 bits per heavy atom. The van der Waals surface area contributed by atoms with Crippen molar-refractivity contribution in [2.45, 2.75) is 50.1 Å². The first-order chi connectivity index (χ1) is 15.1. The van der Waals surface area contributed by atoms with Crippen LogP contribution in [0.25, 0.3) is 0 Å². The standard InChI is InChI=1S/C23H27FN2O5S/c1-15(18-9-12-22(31-3)20(24)14-18)25-23(28)21-6-4-5-13-26(21)32(29,30)19-10-7-17(8-11-19)16(2)27/h7-12,14-15,21H,4-6,13H2,1-3H3,(H,25,28). The summed E-state index contributed by atoms with van der Waals surface area (Å²) in [5.74, 6) is -1.03. The monoisotopic (exact) mass is 462 g/mol. The number of carbonyl (C=O) groups is 2. The summed E-state index contributed by atoms with van der Waals surface area (Å²) in [6.07, 6.45) is 1.76. The number of amides is 1. The van der Waals surface area contributed by atoms with Gasteiger partial charge in [0, 0.05) is 12.1 Å². The molecule has 1 saturated heterocycles. The van der Waals surface area contributed by atoms with Gasteiger partial charge in [0.2, 0.25) is 15.9 Å². The summed E-state index contributed by atoms with van der Waals surface area (Å²) in [6, 6.07) is 8.74. The Hall–Kier alpha value is -2.78. The van der Waals surface area contributed by atoms with E-state index in [1.165, 1.54) is 54.7 Å². The van der Waals surface area contributed by atoms with Gasteiger partial charge < -0.3 is 10.1 Å². The van der Waals surface area contributed by atoms with Crippen molar-refractivity contribution in [3.05, 3.63) is 59.4 Å². The van der Waals surface area contributed by atoms with Gasteiger partial charge >= 0.3 is 0 Å². The fourth-order valence-corrected chi connectivity index (χ4v) is 5.45. The summed E-state index contributed by atoms with van der Waals surface area (Å²) in [6.45, 7) is 3.34. The van der Waals surface area contributed by atoms with E-state index in [4.69, 9.17) is 4.74 Å². The van der Waals surface area contributed by atoms with Crippen molar-refractivity contribution in [2.24, 2.45) is 0 Å². The van der Waals surface area contributed by atoms with Crippen molar-refractivity contribution in [3.8, 4) is 5.75 Å². The summed E-state index contributed by atoms with van der Waals surface area (Å²) in [7, 11) is -2.56. The van der Waals surface area contributed by atoms with Gasteiger partial charge in [-0.2, -0.15) is 4.31 Å². The molecule has 1 aliphatic heterocycles. The molecule has 172 valence electrons. The van der Waals surface area contributed by atoms with Crippen LogP contribution in [0.5, 0.6) is 5.75 Å². The SMILES string of the molecule is COc1ccc(C(C)NC(=O)C2CCCCN2S(=O)(=O)c2ccc(C(C)=O)cc2)cc1F. The Morgan fingerprint density at radius 1 is 1.16 bits per heavy atom. The highest BCUT2D eigenvalue weighted by Gasteiger charge is 2.38. The molecule has 0 saturated carbocycles. The molecule has 0 radical (unpaired) electrons. The van der Waals surface area contributed by atoms with Crippen LogP contribution in [0.2, 0.25) is 0 Å². The van der Waals surface area contributed by atoms with Gasteiger partial charge in [0.05, 0.1) is 18.0 Å². The molecular formula is C23H27FN2O5S. The number of ketones is 1. The zero-order chi connectivity index (χ0) is 23.5. The lowest BCUT2D eigenvalue weighted by molar-refractivity contribution is -0.126. The molecule has 1 fully saturated rings. The number of carbonyl (C=O) groups excluding carboxylic acids is 2. The lowest BCUT2D eigenvalue weighted by atomic mass is 10.0. The highest BCUT2D eigenvalue weighted by atomic mass is 32.2. The van der Waals surface area contributed by atoms with E-state index in [0.717, 1.165) is 6.42 Å². The van der Waals surface area contributed by atoms with E-state index in [1.54, 1.807) is 13.0 Å². The van der Waals surface area contributed by atoms with Crippen LogP contribution < -0.4 is 10.1 Å². The van der Waals surface area contributed by atoms with Crippen molar-refractivity contribution >= 4 is 21.7 Å². The Labute approximate surface area is 187 Å². The minimum absolute atomic E-state index is 0.0347. The predicted molar refractivity (Wildman–Crippen MR) is 117 cm³/mol. The molecule has 1 N–H and O–H groups in total. The molecule has 1 amide bonds. The van der Waals surface area contributed by atoms with Crippen molar-refractivity contribution in [3.63, 3.8) is 0 Å². The summed E-state index contributed by atoms with van der Waals surface area (Å²) >= 11 is 0. The Bertz CT molecular complexity index is 1100. The van der Waals surface area contributed by atoms with E-state index in [1.807, 2.05) is 0 Å². The van der Waals surface area contributed by atoms with Gasteiger partial charge in [0.1, 0.15) is 6.04 Å². The van der Waals surface area contributed by atoms with E-state index >= 15 is 0 Å². The zero-order valence-corrected chi connectivity index (χ0v) is 19.1. The number of methoxy groups -OCH3 is 1. The molecule has 0 spiro atoms. The molecule has 3 rings (SSSR count). The van der Waals surface area contributed by atoms with Crippen LogP contribution in [0, 0.1) is 5.82 Å². The van der Waals surface area contributed by atoms with Crippen LogP contribution in [0.15, 0.2) is 47.4 Å². The van der Waals surface area contributed by atoms with Gasteiger partial charge in [-0.3, -0.25) is 9.59 Å². The quantitative estimate of drug-likeness (QED) is 0.636. The number of nitrogens with zero attached hydrogens (tertiary/aromatic N) is 1. The number of piperidine rings is 1.